The average Bonchev–Trinajstić information content (AvgIpc) is 2.94. The second kappa shape index (κ2) is 7.11. The molecule has 0 radical (unpaired) electrons. The van der Waals surface area contributed by atoms with Crippen LogP contribution in [0.15, 0.2) is 36.5 Å². The average molecular weight is 335 g/mol. The van der Waals surface area contributed by atoms with Crippen LogP contribution in [0.3, 0.4) is 0 Å². The van der Waals surface area contributed by atoms with Gasteiger partial charge >= 0.3 is 5.97 Å². The first-order valence-electron chi connectivity index (χ1n) is 6.83. The number of benzene rings is 1. The van der Waals surface area contributed by atoms with Crippen LogP contribution in [-0.4, -0.2) is 28.7 Å². The Morgan fingerprint density at radius 1 is 1.26 bits per heavy atom. The fraction of sp³-hybridized carbons (Fsp3) is 0.188. The number of esters is 1. The first-order valence-corrected chi connectivity index (χ1v) is 7.21. The number of ether oxygens (including phenoxy) is 1. The van der Waals surface area contributed by atoms with Gasteiger partial charge in [0.2, 0.25) is 0 Å². The zero-order valence-electron chi connectivity index (χ0n) is 12.6. The van der Waals surface area contributed by atoms with E-state index in [1.807, 2.05) is 0 Å². The maximum atomic E-state index is 12.1. The van der Waals surface area contributed by atoms with Crippen molar-refractivity contribution in [3.63, 3.8) is 0 Å². The quantitative estimate of drug-likeness (QED) is 0.649. The number of halogens is 1. The second-order valence-corrected chi connectivity index (χ2v) is 5.34. The van der Waals surface area contributed by atoms with Crippen molar-refractivity contribution in [1.82, 2.24) is 4.98 Å². The Kier molecular flexibility index (Phi) is 5.18. The predicted octanol–water partition coefficient (Wildman–Crippen LogP) is 3.05. The maximum absolute atomic E-state index is 12.1. The Labute approximate surface area is 137 Å². The lowest BCUT2D eigenvalue weighted by Gasteiger charge is -2.13. The first-order chi connectivity index (χ1) is 10.9. The summed E-state index contributed by atoms with van der Waals surface area (Å²) in [5.74, 6) is -1.29. The Balaban J connectivity index is 1.98. The number of hydrogen-bond acceptors (Lipinski definition) is 4. The lowest BCUT2D eigenvalue weighted by atomic mass is 10.1. The van der Waals surface area contributed by atoms with Crippen molar-refractivity contribution in [2.75, 3.05) is 5.32 Å². The smallest absolute Gasteiger partial charge is 0.355 e. The number of ketones is 1. The van der Waals surface area contributed by atoms with Gasteiger partial charge in [-0.25, -0.2) is 4.79 Å². The van der Waals surface area contributed by atoms with Crippen LogP contribution in [0.2, 0.25) is 5.02 Å². The van der Waals surface area contributed by atoms with E-state index >= 15 is 0 Å². The number of rotatable bonds is 5. The van der Waals surface area contributed by atoms with Gasteiger partial charge in [0.05, 0.1) is 5.02 Å². The van der Waals surface area contributed by atoms with Crippen LogP contribution in [-0.2, 0) is 9.53 Å². The Morgan fingerprint density at radius 2 is 2.00 bits per heavy atom. The molecule has 0 aliphatic heterocycles. The van der Waals surface area contributed by atoms with Crippen LogP contribution in [0.4, 0.5) is 5.69 Å². The summed E-state index contributed by atoms with van der Waals surface area (Å²) in [5, 5.41) is 2.96. The minimum absolute atomic E-state index is 0.107. The molecule has 120 valence electrons. The largest absolute Gasteiger partial charge is 0.448 e. The van der Waals surface area contributed by atoms with Gasteiger partial charge in [-0.05, 0) is 32.0 Å². The molecule has 1 heterocycles. The zero-order chi connectivity index (χ0) is 17.0. The van der Waals surface area contributed by atoms with Crippen molar-refractivity contribution in [2.45, 2.75) is 20.0 Å². The topological polar surface area (TPSA) is 88.3 Å². The van der Waals surface area contributed by atoms with Crippen molar-refractivity contribution < 1.29 is 19.1 Å². The lowest BCUT2D eigenvalue weighted by molar-refractivity contribution is -0.123. The summed E-state index contributed by atoms with van der Waals surface area (Å²) in [5.41, 5.74) is 1.09. The Hall–Kier alpha value is -2.60. The van der Waals surface area contributed by atoms with E-state index < -0.39 is 18.0 Å². The summed E-state index contributed by atoms with van der Waals surface area (Å²) >= 11 is 5.71. The number of amides is 1. The molecule has 6 nitrogen and oxygen atoms in total. The summed E-state index contributed by atoms with van der Waals surface area (Å²) in [6.07, 6.45) is 0.432. The summed E-state index contributed by atoms with van der Waals surface area (Å²) in [4.78, 5) is 37.9. The molecule has 1 aromatic heterocycles. The summed E-state index contributed by atoms with van der Waals surface area (Å²) in [6, 6.07) is 7.91. The molecular formula is C16H15ClN2O4. The van der Waals surface area contributed by atoms with Crippen LogP contribution < -0.4 is 5.32 Å². The van der Waals surface area contributed by atoms with Gasteiger partial charge in [-0.1, -0.05) is 23.7 Å². The van der Waals surface area contributed by atoms with E-state index in [2.05, 4.69) is 10.3 Å². The minimum Gasteiger partial charge on any atom is -0.448 e. The molecule has 0 bridgehead atoms. The molecule has 23 heavy (non-hydrogen) atoms. The van der Waals surface area contributed by atoms with Crippen LogP contribution in [0.25, 0.3) is 0 Å². The molecule has 2 aromatic rings. The Morgan fingerprint density at radius 3 is 2.61 bits per heavy atom. The number of H-pyrrole nitrogens is 1. The van der Waals surface area contributed by atoms with Crippen molar-refractivity contribution in [2.24, 2.45) is 0 Å². The molecule has 1 atom stereocenters. The summed E-state index contributed by atoms with van der Waals surface area (Å²) < 4.78 is 5.05. The van der Waals surface area contributed by atoms with Crippen LogP contribution in [0, 0.1) is 0 Å². The third-order valence-corrected chi connectivity index (χ3v) is 3.28. The van der Waals surface area contributed by atoms with E-state index in [9.17, 15) is 14.4 Å². The van der Waals surface area contributed by atoms with Gasteiger partial charge in [0.25, 0.3) is 5.91 Å². The number of carbonyl (C=O) groups is 3. The van der Waals surface area contributed by atoms with E-state index in [1.165, 1.54) is 26.1 Å². The van der Waals surface area contributed by atoms with Gasteiger partial charge in [0.15, 0.2) is 11.9 Å². The molecular weight excluding hydrogens is 320 g/mol. The third-order valence-electron chi connectivity index (χ3n) is 3.06. The van der Waals surface area contributed by atoms with Gasteiger partial charge < -0.3 is 15.0 Å². The maximum Gasteiger partial charge on any atom is 0.355 e. The molecule has 2 N–H and O–H groups in total. The highest BCUT2D eigenvalue weighted by Crippen LogP contribution is 2.14. The van der Waals surface area contributed by atoms with Gasteiger partial charge in [-0.15, -0.1) is 0 Å². The van der Waals surface area contributed by atoms with Crippen molar-refractivity contribution >= 4 is 34.9 Å². The normalized spacial score (nSPS) is 11.6. The third kappa shape index (κ3) is 4.43. The molecule has 2 rings (SSSR count). The van der Waals surface area contributed by atoms with E-state index in [0.29, 0.717) is 16.3 Å². The SMILES string of the molecule is CC(=O)c1cccc(NC(=O)C(C)OC(=O)c2cc(Cl)c[nH]2)c1. The van der Waals surface area contributed by atoms with Crippen molar-refractivity contribution in [1.29, 1.82) is 0 Å². The fourth-order valence-corrected chi connectivity index (χ4v) is 1.99. The molecule has 0 saturated heterocycles. The van der Waals surface area contributed by atoms with Crippen molar-refractivity contribution in [3.05, 3.63) is 52.8 Å². The molecule has 0 aliphatic carbocycles. The van der Waals surface area contributed by atoms with Crippen LogP contribution in [0.5, 0.6) is 0 Å². The zero-order valence-corrected chi connectivity index (χ0v) is 13.3. The first kappa shape index (κ1) is 16.8. The second-order valence-electron chi connectivity index (χ2n) is 4.91. The van der Waals surface area contributed by atoms with E-state index in [4.69, 9.17) is 16.3 Å². The van der Waals surface area contributed by atoms with Crippen molar-refractivity contribution in [3.8, 4) is 0 Å². The molecule has 0 saturated carbocycles. The highest BCUT2D eigenvalue weighted by molar-refractivity contribution is 6.30. The predicted molar refractivity (Wildman–Crippen MR) is 85.8 cm³/mol. The summed E-state index contributed by atoms with van der Waals surface area (Å²) in [7, 11) is 0. The van der Waals surface area contributed by atoms with Crippen LogP contribution >= 0.6 is 11.6 Å². The van der Waals surface area contributed by atoms with Gasteiger partial charge in [0, 0.05) is 17.4 Å². The van der Waals surface area contributed by atoms with Gasteiger partial charge in [-0.2, -0.15) is 0 Å². The molecule has 0 spiro atoms. The highest BCUT2D eigenvalue weighted by atomic mass is 35.5. The minimum atomic E-state index is -1.01. The highest BCUT2D eigenvalue weighted by Gasteiger charge is 2.20. The molecule has 1 unspecified atom stereocenters. The number of aromatic nitrogens is 1. The molecule has 1 aromatic carbocycles. The number of aromatic amines is 1. The molecule has 0 fully saturated rings. The van der Waals surface area contributed by atoms with Gasteiger partial charge in [-0.3, -0.25) is 9.59 Å². The molecule has 1 amide bonds. The fourth-order valence-electron chi connectivity index (χ4n) is 1.82. The lowest BCUT2D eigenvalue weighted by Crippen LogP contribution is -2.30. The van der Waals surface area contributed by atoms with Gasteiger partial charge in [0.1, 0.15) is 5.69 Å². The molecule has 7 heteroatoms. The molecule has 0 aliphatic rings. The monoisotopic (exact) mass is 334 g/mol. The Bertz CT molecular complexity index is 754. The number of hydrogen-bond donors (Lipinski definition) is 2. The van der Waals surface area contributed by atoms with E-state index in [0.717, 1.165) is 0 Å². The number of carbonyl (C=O) groups excluding carboxylic acids is 3. The summed E-state index contributed by atoms with van der Waals surface area (Å²) in [6.45, 7) is 2.89. The van der Waals surface area contributed by atoms with Crippen LogP contribution in [0.1, 0.15) is 34.7 Å². The number of nitrogens with one attached hydrogen (secondary N) is 2. The van der Waals surface area contributed by atoms with E-state index in [1.54, 1.807) is 24.3 Å². The number of Topliss-reactive ketones (excluding diaryl/α,β-unsaturated/α-hetero) is 1. The standard InChI is InChI=1S/C16H15ClN2O4/c1-9(20)11-4-3-5-13(6-11)19-15(21)10(2)23-16(22)14-7-12(17)8-18-14/h3-8,10,18H,1-2H3,(H,19,21). The number of anilines is 1. The van der Waals surface area contributed by atoms with E-state index in [-0.39, 0.29) is 11.5 Å².